The van der Waals surface area contributed by atoms with Crippen molar-refractivity contribution >= 4 is 14.9 Å². The molecule has 4 rings (SSSR count). The van der Waals surface area contributed by atoms with Gasteiger partial charge in [-0.25, -0.2) is 22.0 Å². The van der Waals surface area contributed by atoms with Gasteiger partial charge < -0.3 is 10.5 Å². The van der Waals surface area contributed by atoms with E-state index in [0.717, 1.165) is 29.3 Å². The highest BCUT2D eigenvalue weighted by molar-refractivity contribution is 7.17. The molecular weight excluding hydrogens is 487 g/mol. The molecule has 0 aromatic heterocycles. The summed E-state index contributed by atoms with van der Waals surface area (Å²) in [5.41, 5.74) is 2.31. The molecule has 4 aromatic rings. The fourth-order valence-corrected chi connectivity index (χ4v) is 4.01. The van der Waals surface area contributed by atoms with E-state index in [1.54, 1.807) is 6.07 Å². The van der Waals surface area contributed by atoms with Crippen LogP contribution in [0.2, 0.25) is 0 Å². The first-order valence-electron chi connectivity index (χ1n) is 10.2. The van der Waals surface area contributed by atoms with E-state index < -0.39 is 51.7 Å². The molecule has 0 fully saturated rings. The summed E-state index contributed by atoms with van der Waals surface area (Å²) in [6, 6.07) is 14.3. The zero-order valence-corrected chi connectivity index (χ0v) is 19.3. The number of rotatable bonds is 5. The van der Waals surface area contributed by atoms with Crippen LogP contribution in [0.25, 0.3) is 22.3 Å². The molecule has 0 aliphatic carbocycles. The molecule has 9 heteroatoms. The first kappa shape index (κ1) is 24.6. The van der Waals surface area contributed by atoms with Gasteiger partial charge in [-0.1, -0.05) is 42.0 Å². The maximum Gasteiger partial charge on any atom is 0.291 e. The Bertz CT molecular complexity index is 1380. The van der Waals surface area contributed by atoms with Crippen LogP contribution in [0.5, 0.6) is 5.75 Å². The fourth-order valence-electron chi connectivity index (χ4n) is 3.59. The van der Waals surface area contributed by atoms with Crippen LogP contribution in [0, 0.1) is 36.0 Å². The zero-order chi connectivity index (χ0) is 25.5. The molecule has 0 bridgehead atoms. The summed E-state index contributed by atoms with van der Waals surface area (Å²) in [4.78, 5) is 0. The van der Waals surface area contributed by atoms with E-state index in [0.29, 0.717) is 11.6 Å². The Morgan fingerprint density at radius 2 is 1.29 bits per heavy atom. The lowest BCUT2D eigenvalue weighted by molar-refractivity contribution is 0.0181. The van der Waals surface area contributed by atoms with E-state index in [9.17, 15) is 22.0 Å². The van der Waals surface area contributed by atoms with Gasteiger partial charge in [-0.15, -0.1) is 0 Å². The highest BCUT2D eigenvalue weighted by atomic mass is 31.0. The molecule has 0 saturated heterocycles. The molecule has 0 radical (unpaired) electrons. The molecule has 2 nitrogen and oxygen atoms in total. The van der Waals surface area contributed by atoms with E-state index in [1.807, 2.05) is 31.2 Å². The third-order valence-corrected chi connectivity index (χ3v) is 5.75. The maximum absolute atomic E-state index is 15.2. The van der Waals surface area contributed by atoms with Crippen molar-refractivity contribution in [3.63, 3.8) is 0 Å². The van der Waals surface area contributed by atoms with Gasteiger partial charge in [-0.2, -0.15) is 4.39 Å². The van der Waals surface area contributed by atoms with Gasteiger partial charge in [0.1, 0.15) is 28.8 Å². The van der Waals surface area contributed by atoms with Gasteiger partial charge in [-0.3, -0.25) is 0 Å². The van der Waals surface area contributed by atoms with Gasteiger partial charge in [-0.05, 0) is 51.1 Å². The summed E-state index contributed by atoms with van der Waals surface area (Å²) in [5.74, 6) is -6.89. The van der Waals surface area contributed by atoms with Crippen molar-refractivity contribution in [1.82, 2.24) is 0 Å². The van der Waals surface area contributed by atoms with Crippen LogP contribution in [0.3, 0.4) is 0 Å². The normalized spacial score (nSPS) is 12.9. The number of nitrogens with two attached hydrogens (primary N) is 1. The molecule has 0 aliphatic heterocycles. The average Bonchev–Trinajstić information content (AvgIpc) is 2.76. The Morgan fingerprint density at radius 3 is 1.86 bits per heavy atom. The summed E-state index contributed by atoms with van der Waals surface area (Å²) in [6.45, 7) is 1.92. The van der Waals surface area contributed by atoms with Gasteiger partial charge in [0.15, 0.2) is 11.6 Å². The molecule has 35 heavy (non-hydrogen) atoms. The summed E-state index contributed by atoms with van der Waals surface area (Å²) in [5, 5.41) is 0. The summed E-state index contributed by atoms with van der Waals surface area (Å²) in [7, 11) is 1.47. The van der Waals surface area contributed by atoms with E-state index >= 15 is 4.39 Å². The largest absolute Gasteiger partial charge is 0.450 e. The highest BCUT2D eigenvalue weighted by Crippen LogP contribution is 2.41. The Morgan fingerprint density at radius 1 is 0.714 bits per heavy atom. The number of halogens is 6. The molecule has 0 spiro atoms. The van der Waals surface area contributed by atoms with E-state index in [4.69, 9.17) is 10.5 Å². The predicted molar refractivity (Wildman–Crippen MR) is 126 cm³/mol. The van der Waals surface area contributed by atoms with E-state index in [-0.39, 0.29) is 11.1 Å². The minimum absolute atomic E-state index is 0.104. The van der Waals surface area contributed by atoms with Crippen molar-refractivity contribution in [3.8, 4) is 28.0 Å². The topological polar surface area (TPSA) is 35.2 Å². The lowest BCUT2D eigenvalue weighted by atomic mass is 9.98. The monoisotopic (exact) mass is 505 g/mol. The number of hydrogen-bond donors (Lipinski definition) is 1. The van der Waals surface area contributed by atoms with Crippen molar-refractivity contribution in [2.75, 3.05) is 5.73 Å². The maximum atomic E-state index is 15.2. The summed E-state index contributed by atoms with van der Waals surface area (Å²) < 4.78 is 91.6. The molecule has 0 heterocycles. The van der Waals surface area contributed by atoms with Gasteiger partial charge in [0.25, 0.3) is 5.60 Å². The molecule has 180 valence electrons. The minimum Gasteiger partial charge on any atom is -0.450 e. The van der Waals surface area contributed by atoms with Crippen molar-refractivity contribution in [1.29, 1.82) is 0 Å². The number of benzene rings is 4. The van der Waals surface area contributed by atoms with Gasteiger partial charge >= 0.3 is 0 Å². The second-order valence-corrected chi connectivity index (χ2v) is 8.67. The van der Waals surface area contributed by atoms with Crippen LogP contribution in [0.4, 0.5) is 32.0 Å². The Balaban J connectivity index is 1.67. The summed E-state index contributed by atoms with van der Waals surface area (Å²) >= 11 is 0. The Kier molecular flexibility index (Phi) is 6.52. The van der Waals surface area contributed by atoms with Crippen LogP contribution < -0.4 is 10.5 Å². The van der Waals surface area contributed by atoms with Crippen molar-refractivity contribution in [3.05, 3.63) is 107 Å². The van der Waals surface area contributed by atoms with Crippen LogP contribution in [0.15, 0.2) is 66.7 Å². The number of nitrogen functional groups attached to an aromatic ring is 1. The fraction of sp³-hybridized carbons (Fsp3) is 0.0769. The Hall–Kier alpha value is -3.51. The number of hydrogen-bond acceptors (Lipinski definition) is 2. The number of anilines is 1. The molecule has 0 aliphatic rings. The first-order valence-corrected chi connectivity index (χ1v) is 10.8. The van der Waals surface area contributed by atoms with Crippen LogP contribution in [-0.2, 0) is 5.60 Å². The van der Waals surface area contributed by atoms with Crippen molar-refractivity contribution in [2.24, 2.45) is 0 Å². The lowest BCUT2D eigenvalue weighted by Gasteiger charge is -2.24. The Labute approximate surface area is 199 Å². The summed E-state index contributed by atoms with van der Waals surface area (Å²) in [6.07, 6.45) is 0. The first-order chi connectivity index (χ1) is 16.5. The number of aryl methyl sites for hydroxylation is 1. The van der Waals surface area contributed by atoms with E-state index in [1.165, 1.54) is 21.4 Å². The molecule has 4 aromatic carbocycles. The zero-order valence-electron chi connectivity index (χ0n) is 18.2. The predicted octanol–water partition coefficient (Wildman–Crippen LogP) is 7.64. The van der Waals surface area contributed by atoms with Crippen LogP contribution in [0.1, 0.15) is 11.1 Å². The smallest absolute Gasteiger partial charge is 0.291 e. The van der Waals surface area contributed by atoms with E-state index in [2.05, 4.69) is 0 Å². The minimum atomic E-state index is -3.21. The van der Waals surface area contributed by atoms with Crippen molar-refractivity contribution in [2.45, 2.75) is 12.5 Å². The second-order valence-electron chi connectivity index (χ2n) is 7.93. The van der Waals surface area contributed by atoms with Gasteiger partial charge in [0.2, 0.25) is 0 Å². The van der Waals surface area contributed by atoms with Crippen LogP contribution >= 0.6 is 9.24 Å². The lowest BCUT2D eigenvalue weighted by Crippen LogP contribution is -2.23. The molecule has 2 N–H and O–H groups in total. The quantitative estimate of drug-likeness (QED) is 0.172. The molecule has 2 atom stereocenters. The number of alkyl halides is 1. The second kappa shape index (κ2) is 9.27. The number of ether oxygens (including phenoxy) is 1. The molecule has 0 amide bonds. The molecular formula is C26H18F6NOP. The van der Waals surface area contributed by atoms with Crippen LogP contribution in [-0.4, -0.2) is 0 Å². The van der Waals surface area contributed by atoms with Gasteiger partial charge in [0.05, 0.1) is 5.69 Å². The molecule has 2 unspecified atom stereocenters. The SMILES string of the molecule is Cc1ccc(-c2ccc(-c3cc(F)c(C(F)(P)Oc4cc(N)c(F)c(F)c4)c(F)c3)c(F)c2)cc1. The standard InChI is InChI=1S/C26H18F6NOP/c1-13-2-4-14(5-3-13)15-6-7-18(19(27)8-15)16-9-20(28)24(21(29)10-16)26(32,35)34-17-11-22(30)25(31)23(33)12-17/h2-12H,33,35H2,1H3. The van der Waals surface area contributed by atoms with Crippen molar-refractivity contribution < 1.29 is 31.1 Å². The third kappa shape index (κ3) is 4.98. The highest BCUT2D eigenvalue weighted by Gasteiger charge is 2.36. The average molecular weight is 505 g/mol. The van der Waals surface area contributed by atoms with Gasteiger partial charge in [0, 0.05) is 17.7 Å². The third-order valence-electron chi connectivity index (χ3n) is 5.34. The molecule has 0 saturated carbocycles.